The van der Waals surface area contributed by atoms with Crippen LogP contribution in [0.25, 0.3) is 11.8 Å². The van der Waals surface area contributed by atoms with Crippen molar-refractivity contribution < 1.29 is 5.11 Å². The fourth-order valence-corrected chi connectivity index (χ4v) is 6.22. The van der Waals surface area contributed by atoms with Crippen LogP contribution >= 0.6 is 11.3 Å². The number of aliphatic hydroxyl groups is 1. The molecule has 5 rings (SSSR count). The summed E-state index contributed by atoms with van der Waals surface area (Å²) in [6, 6.07) is 12.8. The summed E-state index contributed by atoms with van der Waals surface area (Å²) in [6.07, 6.45) is 8.28. The number of hydrogen-bond donors (Lipinski definition) is 1. The number of allylic oxidation sites excluding steroid dienone is 1. The molecule has 1 saturated carbocycles. The molecule has 3 atom stereocenters. The Labute approximate surface area is 176 Å². The van der Waals surface area contributed by atoms with Crippen LogP contribution in [0.1, 0.15) is 58.9 Å². The van der Waals surface area contributed by atoms with Gasteiger partial charge < -0.3 is 5.11 Å². The number of rotatable bonds is 3. The van der Waals surface area contributed by atoms with E-state index in [9.17, 15) is 5.11 Å². The van der Waals surface area contributed by atoms with E-state index in [0.717, 1.165) is 36.2 Å². The lowest BCUT2D eigenvalue weighted by Gasteiger charge is -2.47. The van der Waals surface area contributed by atoms with Crippen molar-refractivity contribution in [2.75, 3.05) is 0 Å². The highest BCUT2D eigenvalue weighted by atomic mass is 32.1. The molecule has 1 fully saturated rings. The summed E-state index contributed by atoms with van der Waals surface area (Å²) < 4.78 is 2.07. The van der Waals surface area contributed by atoms with Gasteiger partial charge in [0.05, 0.1) is 23.7 Å². The Bertz CT molecular complexity index is 1070. The minimum absolute atomic E-state index is 0.0102. The normalized spacial score (nSPS) is 24.6. The summed E-state index contributed by atoms with van der Waals surface area (Å²) in [6.45, 7) is 6.58. The maximum atomic E-state index is 11.3. The van der Waals surface area contributed by atoms with Gasteiger partial charge in [0.25, 0.3) is 0 Å². The number of nitrogens with zero attached hydrogens (tertiary/aromatic N) is 2. The van der Waals surface area contributed by atoms with Crippen molar-refractivity contribution >= 4 is 17.4 Å². The third-order valence-electron chi connectivity index (χ3n) is 6.98. The number of fused-ring (bicyclic) bond motifs is 2. The van der Waals surface area contributed by atoms with Gasteiger partial charge in [-0.15, -0.1) is 11.3 Å². The first-order valence-electron chi connectivity index (χ1n) is 10.5. The molecule has 3 nitrogen and oxygen atoms in total. The third-order valence-corrected chi connectivity index (χ3v) is 8.05. The average molecular weight is 405 g/mol. The Kier molecular flexibility index (Phi) is 4.52. The zero-order chi connectivity index (χ0) is 20.2. The van der Waals surface area contributed by atoms with Crippen molar-refractivity contribution in [3.8, 4) is 5.69 Å². The van der Waals surface area contributed by atoms with E-state index in [1.807, 2.05) is 6.20 Å². The van der Waals surface area contributed by atoms with Crippen molar-refractivity contribution in [2.45, 2.75) is 52.6 Å². The molecule has 1 N–H and O–H groups in total. The summed E-state index contributed by atoms with van der Waals surface area (Å²) in [5, 5.41) is 16.0. The average Bonchev–Trinajstić information content (AvgIpc) is 3.31. The molecule has 2 aliphatic carbocycles. The van der Waals surface area contributed by atoms with Gasteiger partial charge in [-0.1, -0.05) is 30.2 Å². The molecule has 0 aliphatic heterocycles. The number of benzene rings is 1. The number of hydrogen-bond acceptors (Lipinski definition) is 3. The van der Waals surface area contributed by atoms with Crippen molar-refractivity contribution in [1.82, 2.24) is 9.78 Å². The van der Waals surface area contributed by atoms with Crippen LogP contribution in [-0.4, -0.2) is 14.9 Å². The molecule has 0 radical (unpaired) electrons. The summed E-state index contributed by atoms with van der Waals surface area (Å²) in [5.74, 6) is 0.247. The topological polar surface area (TPSA) is 38.0 Å². The molecular weight excluding hydrogens is 376 g/mol. The molecule has 150 valence electrons. The molecule has 0 unspecified atom stereocenters. The van der Waals surface area contributed by atoms with Crippen LogP contribution in [0.4, 0.5) is 0 Å². The lowest BCUT2D eigenvalue weighted by Crippen LogP contribution is -2.40. The molecule has 2 aliphatic rings. The smallest absolute Gasteiger partial charge is 0.0918 e. The minimum Gasteiger partial charge on any atom is -0.387 e. The first-order chi connectivity index (χ1) is 14.0. The molecule has 3 aromatic rings. The van der Waals surface area contributed by atoms with E-state index in [-0.39, 0.29) is 11.3 Å². The predicted molar refractivity (Wildman–Crippen MR) is 119 cm³/mol. The van der Waals surface area contributed by atoms with Gasteiger partial charge in [-0.2, -0.15) is 5.10 Å². The number of aryl methyl sites for hydroxylation is 2. The fourth-order valence-electron chi connectivity index (χ4n) is 5.29. The molecule has 2 aromatic heterocycles. The first kappa shape index (κ1) is 18.8. The molecule has 1 aromatic carbocycles. The van der Waals surface area contributed by atoms with Gasteiger partial charge >= 0.3 is 0 Å². The molecule has 0 bridgehead atoms. The van der Waals surface area contributed by atoms with Crippen LogP contribution in [0.3, 0.4) is 0 Å². The summed E-state index contributed by atoms with van der Waals surface area (Å²) in [7, 11) is 0. The van der Waals surface area contributed by atoms with E-state index < -0.39 is 6.10 Å². The standard InChI is InChI=1S/C25H28N2OS/c1-16-7-10-20(11-8-16)27-22-13-19-5-4-6-21(24(28)23-12-9-17(2)29-23)25(19,3)14-18(22)15-26-27/h7-13,15,21,24,28H,4-6,14H2,1-3H3/t21-,24-,25+/m1/s1. The molecule has 4 heteroatoms. The third kappa shape index (κ3) is 3.10. The lowest BCUT2D eigenvalue weighted by atomic mass is 9.58. The van der Waals surface area contributed by atoms with Gasteiger partial charge in [0.2, 0.25) is 0 Å². The van der Waals surface area contributed by atoms with Gasteiger partial charge in [0, 0.05) is 9.75 Å². The fraction of sp³-hybridized carbons (Fsp3) is 0.400. The number of aromatic nitrogens is 2. The van der Waals surface area contributed by atoms with E-state index in [4.69, 9.17) is 5.10 Å². The van der Waals surface area contributed by atoms with Crippen LogP contribution in [0, 0.1) is 25.2 Å². The van der Waals surface area contributed by atoms with E-state index in [1.165, 1.54) is 27.3 Å². The number of thiophene rings is 1. The van der Waals surface area contributed by atoms with Gasteiger partial charge in [-0.05, 0) is 86.8 Å². The quantitative estimate of drug-likeness (QED) is 0.579. The van der Waals surface area contributed by atoms with E-state index >= 15 is 0 Å². The van der Waals surface area contributed by atoms with Crippen molar-refractivity contribution in [3.63, 3.8) is 0 Å². The molecule has 2 heterocycles. The van der Waals surface area contributed by atoms with Crippen LogP contribution < -0.4 is 0 Å². The highest BCUT2D eigenvalue weighted by Gasteiger charge is 2.46. The Morgan fingerprint density at radius 1 is 1.17 bits per heavy atom. The highest BCUT2D eigenvalue weighted by Crippen LogP contribution is 2.55. The van der Waals surface area contributed by atoms with Crippen LogP contribution in [0.5, 0.6) is 0 Å². The van der Waals surface area contributed by atoms with E-state index in [0.29, 0.717) is 0 Å². The Morgan fingerprint density at radius 3 is 2.69 bits per heavy atom. The Hall–Kier alpha value is -2.17. The maximum absolute atomic E-state index is 11.3. The molecule has 29 heavy (non-hydrogen) atoms. The van der Waals surface area contributed by atoms with Crippen molar-refractivity contribution in [2.24, 2.45) is 11.3 Å². The Morgan fingerprint density at radius 2 is 1.97 bits per heavy atom. The second-order valence-electron chi connectivity index (χ2n) is 8.96. The highest BCUT2D eigenvalue weighted by molar-refractivity contribution is 7.12. The zero-order valence-corrected chi connectivity index (χ0v) is 18.2. The van der Waals surface area contributed by atoms with E-state index in [1.54, 1.807) is 11.3 Å². The van der Waals surface area contributed by atoms with Crippen LogP contribution in [-0.2, 0) is 6.42 Å². The SMILES string of the molecule is Cc1ccc(-n2ncc3c2C=C2CCC[C@H]([C@@H](O)c4ccc(C)s4)[C@@]2(C)C3)cc1. The lowest BCUT2D eigenvalue weighted by molar-refractivity contribution is 0.0240. The van der Waals surface area contributed by atoms with Crippen LogP contribution in [0.15, 0.2) is 48.2 Å². The predicted octanol–water partition coefficient (Wildman–Crippen LogP) is 6.03. The summed E-state index contributed by atoms with van der Waals surface area (Å²) in [5.41, 5.74) is 6.33. The molecule has 0 spiro atoms. The minimum atomic E-state index is -0.393. The largest absolute Gasteiger partial charge is 0.387 e. The van der Waals surface area contributed by atoms with Crippen molar-refractivity contribution in [1.29, 1.82) is 0 Å². The molecule has 0 saturated heterocycles. The second-order valence-corrected chi connectivity index (χ2v) is 10.3. The Balaban J connectivity index is 1.52. The molecular formula is C25H28N2OS. The summed E-state index contributed by atoms with van der Waals surface area (Å²) in [4.78, 5) is 2.37. The zero-order valence-electron chi connectivity index (χ0n) is 17.4. The van der Waals surface area contributed by atoms with Gasteiger partial charge in [0.1, 0.15) is 0 Å². The van der Waals surface area contributed by atoms with Gasteiger partial charge in [-0.3, -0.25) is 0 Å². The maximum Gasteiger partial charge on any atom is 0.0918 e. The van der Waals surface area contributed by atoms with E-state index in [2.05, 4.69) is 67.9 Å². The van der Waals surface area contributed by atoms with Crippen LogP contribution in [0.2, 0.25) is 0 Å². The second kappa shape index (κ2) is 6.96. The van der Waals surface area contributed by atoms with Gasteiger partial charge in [-0.25, -0.2) is 4.68 Å². The summed E-state index contributed by atoms with van der Waals surface area (Å²) >= 11 is 1.73. The first-order valence-corrected chi connectivity index (χ1v) is 11.4. The molecule has 0 amide bonds. The van der Waals surface area contributed by atoms with Crippen molar-refractivity contribution in [3.05, 3.63) is 74.7 Å². The number of aliphatic hydroxyl groups excluding tert-OH is 1. The monoisotopic (exact) mass is 404 g/mol. The van der Waals surface area contributed by atoms with Gasteiger partial charge in [0.15, 0.2) is 0 Å².